The Morgan fingerprint density at radius 3 is 1.06 bits per heavy atom. The van der Waals surface area contributed by atoms with Gasteiger partial charge in [0, 0.05) is 0 Å². The molecular formula is C98H126N10O8Sn4. The molecule has 8 N–H and O–H groups in total. The molecule has 0 radical (unpaired) electrons. The van der Waals surface area contributed by atoms with E-state index >= 15 is 0 Å². The van der Waals surface area contributed by atoms with Gasteiger partial charge in [-0.3, -0.25) is 4.79 Å². The van der Waals surface area contributed by atoms with Crippen LogP contribution in [-0.4, -0.2) is 142 Å². The van der Waals surface area contributed by atoms with Gasteiger partial charge in [0.05, 0.1) is 0 Å². The summed E-state index contributed by atoms with van der Waals surface area (Å²) in [6, 6.07) is 75.6. The molecule has 0 atom stereocenters. The summed E-state index contributed by atoms with van der Waals surface area (Å²) in [7, 11) is 0. The fraction of sp³-hybridized carbons (Fsp3) is 0.347. The van der Waals surface area contributed by atoms with Gasteiger partial charge in [-0.25, -0.2) is 9.59 Å². The minimum absolute atomic E-state index is 0.257. The Labute approximate surface area is 729 Å². The van der Waals surface area contributed by atoms with E-state index in [0.29, 0.717) is 37.3 Å². The van der Waals surface area contributed by atoms with E-state index in [4.69, 9.17) is 41.9 Å². The Hall–Kier alpha value is -8.73. The number of unbranched alkanes of at least 4 members (excludes halogenated alkanes) is 6. The van der Waals surface area contributed by atoms with Gasteiger partial charge in [0.2, 0.25) is 0 Å². The van der Waals surface area contributed by atoms with Crippen LogP contribution in [0.3, 0.4) is 0 Å². The van der Waals surface area contributed by atoms with Gasteiger partial charge in [0.1, 0.15) is 0 Å². The molecule has 12 rings (SSSR count). The van der Waals surface area contributed by atoms with Crippen LogP contribution in [0.4, 0.5) is 9.59 Å². The SMILES string of the molecule is CCC[CH2][Sn]([CH2]CCC)([CH2]CCC)[c]1cc(-c2cccc(C(N)=O)n2)ccc1Oc1ccccc1.CCC[CH2][Sn]([CH2]CCC)([CH2]CCC)[c]1ccc(Oc2ccc(C3=NN(C(N)=O)CC3)cc2)cc1.[CH3][Sn]([CH3])([CH3])[c]1ccc(Oc2ccc(-c3cccc(C(N)=O)n3)cc2)cc1.[CH3][Sn]([CH3])([CH3])[c]1cccc(Oc2ccc(C3=NN(C(N)=O)CC3)cc2)c1. The van der Waals surface area contributed by atoms with E-state index in [1.165, 1.54) is 124 Å². The number of aromatic nitrogens is 2. The van der Waals surface area contributed by atoms with E-state index in [1.54, 1.807) is 21.8 Å². The Kier molecular flexibility index (Phi) is 37.3. The number of benzene rings is 8. The molecule has 10 aromatic rings. The van der Waals surface area contributed by atoms with Crippen molar-refractivity contribution in [1.82, 2.24) is 20.0 Å². The summed E-state index contributed by atoms with van der Waals surface area (Å²) in [6.07, 6.45) is 16.9. The van der Waals surface area contributed by atoms with Crippen LogP contribution in [-0.2, 0) is 0 Å². The van der Waals surface area contributed by atoms with Crippen molar-refractivity contribution < 1.29 is 38.1 Å². The zero-order valence-electron chi connectivity index (χ0n) is 72.8. The zero-order chi connectivity index (χ0) is 86.2. The van der Waals surface area contributed by atoms with Crippen molar-refractivity contribution in [3.63, 3.8) is 0 Å². The third-order valence-electron chi connectivity index (χ3n) is 22.1. The van der Waals surface area contributed by atoms with Crippen molar-refractivity contribution in [3.8, 4) is 68.5 Å². The standard InChI is InChI=1S/2C18H13N2O2.2C16H14N3O2.6C4H9.6CH3.4Sn/c2*19-18(21)17-8-4-7-16(20-17)13-9-11-15(12-10-13)22-14-5-2-1-3-6-14;2*17-16(20)19-11-10-15(18-19)12-6-8-14(9-7-12)21-13-4-2-1-3-5-13;6*1-3-4-2;;;;;;;;;;/h2-12H,(H2,19,21);1-11H,(H2,19,21);2-9H,10-11H2,(H2,17,20);1-2,4-9H,10-11H2,(H2,17,20);6*1,3-4H2,2H3;6*1H3;;;;. The predicted molar refractivity (Wildman–Crippen MR) is 505 cm³/mol. The van der Waals surface area contributed by atoms with Crippen molar-refractivity contribution in [2.24, 2.45) is 33.1 Å². The Balaban J connectivity index is 0.000000184. The van der Waals surface area contributed by atoms with Crippen molar-refractivity contribution in [2.75, 3.05) is 13.1 Å². The average molecular weight is 2050 g/mol. The van der Waals surface area contributed by atoms with E-state index in [9.17, 15) is 19.2 Å². The number of nitrogens with zero attached hydrogens (tertiary/aromatic N) is 6. The van der Waals surface area contributed by atoms with Crippen LogP contribution >= 0.6 is 0 Å². The van der Waals surface area contributed by atoms with Gasteiger partial charge in [0.15, 0.2) is 0 Å². The number of carbonyl (C=O) groups is 4. The first-order valence-electron chi connectivity index (χ1n) is 43.1. The van der Waals surface area contributed by atoms with Gasteiger partial charge in [-0.1, -0.05) is 0 Å². The van der Waals surface area contributed by atoms with Gasteiger partial charge >= 0.3 is 693 Å². The van der Waals surface area contributed by atoms with Crippen LogP contribution in [0.25, 0.3) is 22.5 Å². The molecule has 120 heavy (non-hydrogen) atoms. The second-order valence-corrected chi connectivity index (χ2v) is 88.7. The number of rotatable bonds is 36. The summed E-state index contributed by atoms with van der Waals surface area (Å²) in [5.41, 5.74) is 29.1. The third-order valence-corrected chi connectivity index (χ3v) is 65.1. The summed E-state index contributed by atoms with van der Waals surface area (Å²) in [5.74, 6) is 5.77. The molecule has 6 amide bonds. The topological polar surface area (TPSA) is 266 Å². The quantitative estimate of drug-likeness (QED) is 0.0270. The van der Waals surface area contributed by atoms with E-state index in [-0.39, 0.29) is 5.69 Å². The van der Waals surface area contributed by atoms with E-state index in [0.717, 1.165) is 85.4 Å². The summed E-state index contributed by atoms with van der Waals surface area (Å²) in [4.78, 5) is 68.7. The maximum absolute atomic E-state index is 11.8. The number of ether oxygens (including phenoxy) is 4. The number of nitrogens with two attached hydrogens (primary N) is 4. The summed E-state index contributed by atoms with van der Waals surface area (Å²) < 4.78 is 39.2. The maximum atomic E-state index is 11.8. The molecule has 632 valence electrons. The van der Waals surface area contributed by atoms with Crippen molar-refractivity contribution in [2.45, 2.75) is 188 Å². The van der Waals surface area contributed by atoms with Crippen LogP contribution in [0, 0.1) is 0 Å². The first-order chi connectivity index (χ1) is 57.7. The third kappa shape index (κ3) is 28.4. The molecule has 0 bridgehead atoms. The second-order valence-electron chi connectivity index (χ2n) is 33.3. The van der Waals surface area contributed by atoms with E-state index in [2.05, 4.69) is 164 Å². The normalized spacial score (nSPS) is 12.6. The number of para-hydroxylation sites is 1. The molecule has 0 spiro atoms. The van der Waals surface area contributed by atoms with E-state index in [1.807, 2.05) is 140 Å². The van der Waals surface area contributed by atoms with Crippen molar-refractivity contribution in [3.05, 3.63) is 253 Å². The van der Waals surface area contributed by atoms with Crippen LogP contribution in [0.1, 0.15) is 164 Å². The number of carbonyl (C=O) groups excluding carboxylic acids is 4. The molecule has 4 heterocycles. The summed E-state index contributed by atoms with van der Waals surface area (Å²) in [5, 5.41) is 11.2. The molecule has 22 heteroatoms. The number of urea groups is 2. The van der Waals surface area contributed by atoms with Crippen LogP contribution in [0.2, 0.25) is 56.3 Å². The molecule has 0 unspecified atom stereocenters. The number of hydrogen-bond acceptors (Lipinski definition) is 12. The number of primary amides is 4. The first-order valence-corrected chi connectivity index (χ1v) is 78.0. The van der Waals surface area contributed by atoms with Gasteiger partial charge in [-0.05, 0) is 6.07 Å². The Morgan fingerprint density at radius 1 is 0.333 bits per heavy atom. The molecule has 0 saturated heterocycles. The molecule has 2 aliphatic rings. The molecule has 2 aromatic heterocycles. The molecule has 0 fully saturated rings. The molecule has 2 aliphatic heterocycles. The van der Waals surface area contributed by atoms with Gasteiger partial charge in [-0.15, -0.1) is 0 Å². The van der Waals surface area contributed by atoms with Crippen LogP contribution in [0.5, 0.6) is 46.0 Å². The average Bonchev–Trinajstić information content (AvgIpc) is 0.816. The van der Waals surface area contributed by atoms with Crippen LogP contribution in [0.15, 0.2) is 241 Å². The predicted octanol–water partition coefficient (Wildman–Crippen LogP) is 22.4. The Morgan fingerprint density at radius 2 is 0.675 bits per heavy atom. The number of hydrazone groups is 2. The van der Waals surface area contributed by atoms with Crippen molar-refractivity contribution in [1.29, 1.82) is 0 Å². The second kappa shape index (κ2) is 47.1. The van der Waals surface area contributed by atoms with Gasteiger partial charge in [-0.2, -0.15) is 0 Å². The van der Waals surface area contributed by atoms with Gasteiger partial charge in [0.25, 0.3) is 5.91 Å². The minimum atomic E-state index is -2.85. The zero-order valence-corrected chi connectivity index (χ0v) is 84.2. The number of hydrogen-bond donors (Lipinski definition) is 4. The number of amides is 6. The first kappa shape index (κ1) is 95.1. The number of pyridine rings is 2. The molecule has 0 aliphatic carbocycles. The summed E-state index contributed by atoms with van der Waals surface area (Å²) in [6.45, 7) is 14.9. The monoisotopic (exact) mass is 2050 g/mol. The fourth-order valence-electron chi connectivity index (χ4n) is 15.0. The molecule has 8 aromatic carbocycles. The fourth-order valence-corrected chi connectivity index (χ4v) is 54.1. The van der Waals surface area contributed by atoms with Crippen molar-refractivity contribution >= 4 is 123 Å². The van der Waals surface area contributed by atoms with Gasteiger partial charge < -0.3 is 17.2 Å². The molecular weight excluding hydrogens is 1920 g/mol. The molecule has 0 saturated carbocycles. The van der Waals surface area contributed by atoms with E-state index < -0.39 is 97.4 Å². The molecule has 18 nitrogen and oxygen atoms in total. The Bertz CT molecular complexity index is 4960. The summed E-state index contributed by atoms with van der Waals surface area (Å²) >= 11 is -9.38. The van der Waals surface area contributed by atoms with Crippen LogP contribution < -0.4 is 56.2 Å².